The molecule has 0 radical (unpaired) electrons. The summed E-state index contributed by atoms with van der Waals surface area (Å²) in [7, 11) is 0. The highest BCUT2D eigenvalue weighted by Gasteiger charge is 2.42. The summed E-state index contributed by atoms with van der Waals surface area (Å²) in [5, 5.41) is 0. The van der Waals surface area contributed by atoms with Crippen LogP contribution in [0.5, 0.6) is 0 Å². The predicted molar refractivity (Wildman–Crippen MR) is 81.9 cm³/mol. The molecule has 0 aromatic carbocycles. The third kappa shape index (κ3) is 2.67. The van der Waals surface area contributed by atoms with Gasteiger partial charge in [0.2, 0.25) is 0 Å². The van der Waals surface area contributed by atoms with Crippen LogP contribution in [0.1, 0.15) is 52.9 Å². The van der Waals surface area contributed by atoms with Crippen LogP contribution in [-0.2, 0) is 9.47 Å². The molecule has 3 rings (SSSR count). The Bertz CT molecular complexity index is 402. The van der Waals surface area contributed by atoms with Gasteiger partial charge in [-0.3, -0.25) is 0 Å². The van der Waals surface area contributed by atoms with E-state index in [1.165, 1.54) is 25.7 Å². The monoisotopic (exact) mass is 298 g/mol. The molecule has 0 N–H and O–H groups in total. The number of rotatable bonds is 2. The maximum absolute atomic E-state index is 5.99. The van der Waals surface area contributed by atoms with Gasteiger partial charge in [0.25, 0.3) is 0 Å². The summed E-state index contributed by atoms with van der Waals surface area (Å²) < 4.78 is 11.9. The minimum absolute atomic E-state index is 0.0412. The molecule has 0 aromatic heterocycles. The average molecular weight is 299 g/mol. The van der Waals surface area contributed by atoms with Crippen molar-refractivity contribution in [2.24, 2.45) is 17.3 Å². The third-order valence-electron chi connectivity index (χ3n) is 5.56. The van der Waals surface area contributed by atoms with Crippen molar-refractivity contribution in [1.29, 1.82) is 0 Å². The lowest BCUT2D eigenvalue weighted by Gasteiger charge is -2.44. The highest BCUT2D eigenvalue weighted by atomic mass is 35.5. The van der Waals surface area contributed by atoms with Crippen LogP contribution in [-0.4, -0.2) is 24.9 Å². The number of hydrogen-bond donors (Lipinski definition) is 0. The number of allylic oxidation sites excluding steroid dienone is 2. The number of hydrogen-bond acceptors (Lipinski definition) is 2. The molecule has 1 heterocycles. The minimum Gasteiger partial charge on any atom is -0.350 e. The van der Waals surface area contributed by atoms with E-state index in [0.717, 1.165) is 6.42 Å². The molecule has 0 bridgehead atoms. The summed E-state index contributed by atoms with van der Waals surface area (Å²) in [6.45, 7) is 7.84. The average Bonchev–Trinajstić information content (AvgIpc) is 2.86. The molecule has 1 aliphatic heterocycles. The molecule has 0 amide bonds. The van der Waals surface area contributed by atoms with Crippen molar-refractivity contribution in [3.63, 3.8) is 0 Å². The fourth-order valence-electron chi connectivity index (χ4n) is 4.29. The first-order chi connectivity index (χ1) is 9.51. The quantitative estimate of drug-likeness (QED) is 0.551. The Kier molecular flexibility index (Phi) is 4.18. The molecule has 3 heteroatoms. The van der Waals surface area contributed by atoms with Crippen LogP contribution in [0.2, 0.25) is 0 Å². The van der Waals surface area contributed by atoms with E-state index in [0.29, 0.717) is 29.7 Å². The van der Waals surface area contributed by atoms with Crippen LogP contribution in [0.4, 0.5) is 0 Å². The first-order valence-electron chi connectivity index (χ1n) is 8.05. The zero-order valence-corrected chi connectivity index (χ0v) is 13.7. The predicted octanol–water partition coefficient (Wildman–Crippen LogP) is 4.52. The molecule has 20 heavy (non-hydrogen) atoms. The van der Waals surface area contributed by atoms with Gasteiger partial charge in [-0.1, -0.05) is 31.9 Å². The van der Waals surface area contributed by atoms with Crippen LogP contribution in [0.3, 0.4) is 0 Å². The highest BCUT2D eigenvalue weighted by molar-refractivity contribution is 6.18. The maximum atomic E-state index is 5.99. The molecule has 1 fully saturated rings. The fourth-order valence-corrected chi connectivity index (χ4v) is 4.45. The molecular weight excluding hydrogens is 272 g/mol. The number of ether oxygens (including phenoxy) is 2. The number of halogens is 1. The molecule has 4 atom stereocenters. The van der Waals surface area contributed by atoms with E-state index >= 15 is 0 Å². The van der Waals surface area contributed by atoms with E-state index in [1.807, 2.05) is 0 Å². The van der Waals surface area contributed by atoms with Crippen LogP contribution < -0.4 is 0 Å². The first kappa shape index (κ1) is 14.9. The Hall–Kier alpha value is -0.0500. The van der Waals surface area contributed by atoms with Crippen molar-refractivity contribution in [2.45, 2.75) is 65.3 Å². The molecule has 0 spiro atoms. The molecule has 0 unspecified atom stereocenters. The Morgan fingerprint density at radius 3 is 2.80 bits per heavy atom. The van der Waals surface area contributed by atoms with Gasteiger partial charge in [-0.05, 0) is 43.4 Å². The summed E-state index contributed by atoms with van der Waals surface area (Å²) in [5.74, 6) is 1.69. The molecular formula is C17H27ClO2. The summed E-state index contributed by atoms with van der Waals surface area (Å²) in [6, 6.07) is 0. The van der Waals surface area contributed by atoms with Gasteiger partial charge in [0.05, 0.1) is 18.6 Å². The van der Waals surface area contributed by atoms with Gasteiger partial charge in [0.15, 0.2) is 6.29 Å². The van der Waals surface area contributed by atoms with E-state index in [-0.39, 0.29) is 12.4 Å². The third-order valence-corrected chi connectivity index (χ3v) is 5.90. The van der Waals surface area contributed by atoms with E-state index in [4.69, 9.17) is 21.1 Å². The van der Waals surface area contributed by atoms with Crippen molar-refractivity contribution in [1.82, 2.24) is 0 Å². The van der Waals surface area contributed by atoms with Gasteiger partial charge in [-0.25, -0.2) is 0 Å². The molecule has 1 saturated heterocycles. The van der Waals surface area contributed by atoms with Crippen LogP contribution in [0.25, 0.3) is 0 Å². The van der Waals surface area contributed by atoms with Gasteiger partial charge in [-0.15, -0.1) is 11.6 Å². The maximum Gasteiger partial charge on any atom is 0.161 e. The van der Waals surface area contributed by atoms with Crippen molar-refractivity contribution in [3.05, 3.63) is 11.1 Å². The van der Waals surface area contributed by atoms with Crippen molar-refractivity contribution in [2.75, 3.05) is 12.5 Å². The second kappa shape index (κ2) is 5.62. The smallest absolute Gasteiger partial charge is 0.161 e. The summed E-state index contributed by atoms with van der Waals surface area (Å²) in [6.07, 6.45) is 6.43. The molecule has 3 aliphatic rings. The molecule has 0 aromatic rings. The lowest BCUT2D eigenvalue weighted by molar-refractivity contribution is -0.110. The normalized spacial score (nSPS) is 40.8. The summed E-state index contributed by atoms with van der Waals surface area (Å²) in [5.41, 5.74) is 3.81. The Labute approximate surface area is 127 Å². The van der Waals surface area contributed by atoms with Crippen molar-refractivity contribution >= 4 is 11.6 Å². The van der Waals surface area contributed by atoms with Gasteiger partial charge < -0.3 is 9.47 Å². The molecule has 2 nitrogen and oxygen atoms in total. The standard InChI is InChI=1S/C17H27ClO2/c1-11-7-12-5-4-6-17(2,3)15(12)8-14(11)16-19-10-13(9-18)20-16/h11,13-14,16H,4-10H2,1-3H3/t11-,13+,14-,16-/m0/s1. The van der Waals surface area contributed by atoms with Crippen molar-refractivity contribution < 1.29 is 9.47 Å². The number of alkyl halides is 1. The van der Waals surface area contributed by atoms with Gasteiger partial charge >= 0.3 is 0 Å². The topological polar surface area (TPSA) is 18.5 Å². The van der Waals surface area contributed by atoms with Crippen LogP contribution in [0, 0.1) is 17.3 Å². The second-order valence-corrected chi connectivity index (χ2v) is 7.79. The van der Waals surface area contributed by atoms with Crippen molar-refractivity contribution in [3.8, 4) is 0 Å². The SMILES string of the molecule is C[C@H]1CC2=C(C[C@@H]1[C@H]1OC[C@@H](CCl)O1)C(C)(C)CCC2. The van der Waals surface area contributed by atoms with Crippen LogP contribution >= 0.6 is 11.6 Å². The summed E-state index contributed by atoms with van der Waals surface area (Å²) in [4.78, 5) is 0. The summed E-state index contributed by atoms with van der Waals surface area (Å²) >= 11 is 5.89. The molecule has 114 valence electrons. The largest absolute Gasteiger partial charge is 0.350 e. The van der Waals surface area contributed by atoms with E-state index in [9.17, 15) is 0 Å². The minimum atomic E-state index is -0.0412. The van der Waals surface area contributed by atoms with E-state index < -0.39 is 0 Å². The lowest BCUT2D eigenvalue weighted by atomic mass is 9.63. The fraction of sp³-hybridized carbons (Fsp3) is 0.882. The first-order valence-corrected chi connectivity index (χ1v) is 8.59. The zero-order valence-electron chi connectivity index (χ0n) is 13.0. The Balaban J connectivity index is 1.77. The molecule has 0 saturated carbocycles. The van der Waals surface area contributed by atoms with Crippen LogP contribution in [0.15, 0.2) is 11.1 Å². The van der Waals surface area contributed by atoms with Gasteiger partial charge in [0.1, 0.15) is 0 Å². The zero-order chi connectivity index (χ0) is 14.3. The van der Waals surface area contributed by atoms with Gasteiger partial charge in [0, 0.05) is 5.92 Å². The Morgan fingerprint density at radius 1 is 1.30 bits per heavy atom. The lowest BCUT2D eigenvalue weighted by Crippen LogP contribution is -2.36. The second-order valence-electron chi connectivity index (χ2n) is 7.48. The van der Waals surface area contributed by atoms with E-state index in [1.54, 1.807) is 11.1 Å². The molecule has 2 aliphatic carbocycles. The van der Waals surface area contributed by atoms with E-state index in [2.05, 4.69) is 20.8 Å². The van der Waals surface area contributed by atoms with Gasteiger partial charge in [-0.2, -0.15) is 0 Å². The highest BCUT2D eigenvalue weighted by Crippen LogP contribution is 2.50. The Morgan fingerprint density at radius 2 is 2.10 bits per heavy atom.